The van der Waals surface area contributed by atoms with Crippen molar-refractivity contribution >= 4 is 17.5 Å². The van der Waals surface area contributed by atoms with E-state index in [-0.39, 0.29) is 11.8 Å². The summed E-state index contributed by atoms with van der Waals surface area (Å²) < 4.78 is 5.04. The molecule has 0 bridgehead atoms. The maximum absolute atomic E-state index is 12.7. The Morgan fingerprint density at radius 3 is 2.85 bits per heavy atom. The number of hydrogen-bond donors (Lipinski definition) is 1. The highest BCUT2D eigenvalue weighted by atomic mass is 16.5. The maximum atomic E-state index is 12.7. The third kappa shape index (κ3) is 3.97. The monoisotopic (exact) mass is 363 g/mol. The lowest BCUT2D eigenvalue weighted by Crippen LogP contribution is -2.39. The molecule has 3 aromatic rings. The first-order chi connectivity index (χ1) is 13.2. The predicted molar refractivity (Wildman–Crippen MR) is 101 cm³/mol. The number of aromatic nitrogens is 3. The second-order valence-corrected chi connectivity index (χ2v) is 6.73. The molecular formula is C20H21N5O2. The Morgan fingerprint density at radius 2 is 2.07 bits per heavy atom. The average Bonchev–Trinajstić information content (AvgIpc) is 3.15. The summed E-state index contributed by atoms with van der Waals surface area (Å²) in [5, 5.41) is 7.08. The molecule has 0 spiro atoms. The minimum absolute atomic E-state index is 0.0718. The molecule has 27 heavy (non-hydrogen) atoms. The van der Waals surface area contributed by atoms with Crippen molar-refractivity contribution in [2.24, 2.45) is 0 Å². The number of nitrogens with one attached hydrogen (secondary N) is 1. The van der Waals surface area contributed by atoms with Crippen LogP contribution < -0.4 is 5.32 Å². The highest BCUT2D eigenvalue weighted by molar-refractivity contribution is 5.92. The molecular weight excluding hydrogens is 342 g/mol. The Labute approximate surface area is 157 Å². The van der Waals surface area contributed by atoms with Gasteiger partial charge in [-0.3, -0.25) is 4.79 Å². The van der Waals surface area contributed by atoms with E-state index in [2.05, 4.69) is 20.4 Å². The van der Waals surface area contributed by atoms with Crippen molar-refractivity contribution in [3.8, 4) is 0 Å². The first kappa shape index (κ1) is 17.2. The second kappa shape index (κ2) is 7.57. The van der Waals surface area contributed by atoms with Gasteiger partial charge in [0.05, 0.1) is 0 Å². The fourth-order valence-electron chi connectivity index (χ4n) is 3.40. The largest absolute Gasteiger partial charge is 0.361 e. The SMILES string of the molecule is Cc1cc(C(=O)N2CCC[C@@H](c3ccnc(Nc4ccccn4)c3)C2)no1. The molecule has 0 radical (unpaired) electrons. The van der Waals surface area contributed by atoms with Gasteiger partial charge in [-0.1, -0.05) is 11.2 Å². The molecule has 1 fully saturated rings. The van der Waals surface area contributed by atoms with Crippen molar-refractivity contribution in [2.75, 3.05) is 18.4 Å². The average molecular weight is 363 g/mol. The van der Waals surface area contributed by atoms with Crippen molar-refractivity contribution in [3.63, 3.8) is 0 Å². The van der Waals surface area contributed by atoms with Gasteiger partial charge in [0.25, 0.3) is 5.91 Å². The van der Waals surface area contributed by atoms with Crippen LogP contribution in [-0.2, 0) is 0 Å². The van der Waals surface area contributed by atoms with E-state index in [9.17, 15) is 4.79 Å². The zero-order chi connectivity index (χ0) is 18.6. The summed E-state index contributed by atoms with van der Waals surface area (Å²) in [5.41, 5.74) is 1.54. The van der Waals surface area contributed by atoms with E-state index in [1.165, 1.54) is 0 Å². The van der Waals surface area contributed by atoms with Crippen LogP contribution in [0.15, 0.2) is 53.3 Å². The first-order valence-electron chi connectivity index (χ1n) is 9.05. The number of hydrogen-bond acceptors (Lipinski definition) is 6. The van der Waals surface area contributed by atoms with Crippen molar-refractivity contribution < 1.29 is 9.32 Å². The Balaban J connectivity index is 1.48. The van der Waals surface area contributed by atoms with Crippen LogP contribution in [0, 0.1) is 6.92 Å². The summed E-state index contributed by atoms with van der Waals surface area (Å²) in [6.07, 6.45) is 5.53. The molecule has 0 aromatic carbocycles. The zero-order valence-electron chi connectivity index (χ0n) is 15.1. The molecule has 1 atom stereocenters. The summed E-state index contributed by atoms with van der Waals surface area (Å²) in [4.78, 5) is 23.2. The maximum Gasteiger partial charge on any atom is 0.276 e. The molecule has 0 unspecified atom stereocenters. The number of piperidine rings is 1. The quantitative estimate of drug-likeness (QED) is 0.763. The third-order valence-electron chi connectivity index (χ3n) is 4.73. The van der Waals surface area contributed by atoms with E-state index in [4.69, 9.17) is 4.52 Å². The number of carbonyl (C=O) groups is 1. The second-order valence-electron chi connectivity index (χ2n) is 6.73. The molecule has 4 rings (SSSR count). The van der Waals surface area contributed by atoms with Crippen LogP contribution in [0.2, 0.25) is 0 Å². The molecule has 1 aliphatic rings. The lowest BCUT2D eigenvalue weighted by molar-refractivity contribution is 0.0696. The third-order valence-corrected chi connectivity index (χ3v) is 4.73. The van der Waals surface area contributed by atoms with Crippen LogP contribution in [-0.4, -0.2) is 39.0 Å². The van der Waals surface area contributed by atoms with Crippen LogP contribution in [0.3, 0.4) is 0 Å². The van der Waals surface area contributed by atoms with Crippen LogP contribution in [0.1, 0.15) is 40.6 Å². The lowest BCUT2D eigenvalue weighted by atomic mass is 9.91. The van der Waals surface area contributed by atoms with E-state index in [0.29, 0.717) is 18.0 Å². The summed E-state index contributed by atoms with van der Waals surface area (Å²) in [6.45, 7) is 3.19. The Morgan fingerprint density at radius 1 is 1.19 bits per heavy atom. The molecule has 1 saturated heterocycles. The van der Waals surface area contributed by atoms with Gasteiger partial charge < -0.3 is 14.7 Å². The summed E-state index contributed by atoms with van der Waals surface area (Å²) >= 11 is 0. The van der Waals surface area contributed by atoms with E-state index in [1.807, 2.05) is 35.2 Å². The topological polar surface area (TPSA) is 84.2 Å². The van der Waals surface area contributed by atoms with Crippen LogP contribution in [0.25, 0.3) is 0 Å². The van der Waals surface area contributed by atoms with Crippen molar-refractivity contribution in [1.82, 2.24) is 20.0 Å². The molecule has 0 saturated carbocycles. The van der Waals surface area contributed by atoms with Gasteiger partial charge in [-0.15, -0.1) is 0 Å². The number of rotatable bonds is 4. The van der Waals surface area contributed by atoms with Gasteiger partial charge in [-0.05, 0) is 49.6 Å². The Kier molecular flexibility index (Phi) is 4.82. The number of amides is 1. The highest BCUT2D eigenvalue weighted by Crippen LogP contribution is 2.29. The fourth-order valence-corrected chi connectivity index (χ4v) is 3.40. The lowest BCUT2D eigenvalue weighted by Gasteiger charge is -2.32. The van der Waals surface area contributed by atoms with E-state index in [1.54, 1.807) is 25.4 Å². The number of likely N-dealkylation sites (tertiary alicyclic amines) is 1. The Bertz CT molecular complexity index is 925. The predicted octanol–water partition coefficient (Wildman–Crippen LogP) is 3.54. The summed E-state index contributed by atoms with van der Waals surface area (Å²) in [6, 6.07) is 11.4. The number of aryl methyl sites for hydroxylation is 1. The highest BCUT2D eigenvalue weighted by Gasteiger charge is 2.27. The smallest absolute Gasteiger partial charge is 0.276 e. The number of pyridine rings is 2. The molecule has 7 nitrogen and oxygen atoms in total. The van der Waals surface area contributed by atoms with Crippen LogP contribution in [0.5, 0.6) is 0 Å². The van der Waals surface area contributed by atoms with Gasteiger partial charge >= 0.3 is 0 Å². The van der Waals surface area contributed by atoms with Gasteiger partial charge in [0.2, 0.25) is 0 Å². The van der Waals surface area contributed by atoms with Gasteiger partial charge in [0.1, 0.15) is 17.4 Å². The normalized spacial score (nSPS) is 16.9. The molecule has 1 amide bonds. The zero-order valence-corrected chi connectivity index (χ0v) is 15.1. The molecule has 138 valence electrons. The molecule has 1 aliphatic heterocycles. The van der Waals surface area contributed by atoms with E-state index >= 15 is 0 Å². The Hall–Kier alpha value is -3.22. The summed E-state index contributed by atoms with van der Waals surface area (Å²) in [7, 11) is 0. The fraction of sp³-hybridized carbons (Fsp3) is 0.300. The molecule has 4 heterocycles. The first-order valence-corrected chi connectivity index (χ1v) is 9.05. The van der Waals surface area contributed by atoms with E-state index in [0.717, 1.165) is 36.6 Å². The van der Waals surface area contributed by atoms with Gasteiger partial charge in [0, 0.05) is 37.5 Å². The van der Waals surface area contributed by atoms with Gasteiger partial charge in [-0.2, -0.15) is 0 Å². The minimum Gasteiger partial charge on any atom is -0.361 e. The van der Waals surface area contributed by atoms with Gasteiger partial charge in [-0.25, -0.2) is 9.97 Å². The van der Waals surface area contributed by atoms with Crippen molar-refractivity contribution in [2.45, 2.75) is 25.7 Å². The van der Waals surface area contributed by atoms with Crippen molar-refractivity contribution in [1.29, 1.82) is 0 Å². The molecule has 0 aliphatic carbocycles. The van der Waals surface area contributed by atoms with Crippen molar-refractivity contribution in [3.05, 3.63) is 65.8 Å². The van der Waals surface area contributed by atoms with Crippen LogP contribution >= 0.6 is 0 Å². The standard InChI is InChI=1S/C20H21N5O2/c1-14-11-17(24-27-14)20(26)25-10-4-5-16(13-25)15-7-9-22-19(12-15)23-18-6-2-3-8-21-18/h2-3,6-9,11-12,16H,4-5,10,13H2,1H3,(H,21,22,23)/t16-/m1/s1. The molecule has 1 N–H and O–H groups in total. The van der Waals surface area contributed by atoms with Crippen LogP contribution in [0.4, 0.5) is 11.6 Å². The molecule has 3 aromatic heterocycles. The number of anilines is 2. The number of nitrogens with zero attached hydrogens (tertiary/aromatic N) is 4. The van der Waals surface area contributed by atoms with E-state index < -0.39 is 0 Å². The summed E-state index contributed by atoms with van der Waals surface area (Å²) in [5.74, 6) is 2.34. The molecule has 7 heteroatoms. The number of carbonyl (C=O) groups excluding carboxylic acids is 1. The van der Waals surface area contributed by atoms with Gasteiger partial charge in [0.15, 0.2) is 5.69 Å². The minimum atomic E-state index is -0.0718.